The second kappa shape index (κ2) is 5.52. The van der Waals surface area contributed by atoms with E-state index in [2.05, 4.69) is 19.2 Å². The summed E-state index contributed by atoms with van der Waals surface area (Å²) in [5, 5.41) is 11.7. The molecule has 0 aliphatic heterocycles. The lowest BCUT2D eigenvalue weighted by Gasteiger charge is -2.40. The zero-order chi connectivity index (χ0) is 13.1. The molecule has 1 atom stereocenters. The lowest BCUT2D eigenvalue weighted by Crippen LogP contribution is -2.44. The number of rotatable bonds is 6. The molecule has 0 bridgehead atoms. The molecule has 0 heterocycles. The van der Waals surface area contributed by atoms with E-state index in [1.54, 1.807) is 6.92 Å². The number of amides is 1. The molecule has 4 heteroatoms. The number of carbonyl (C=O) groups excluding carboxylic acids is 1. The number of hydrogen-bond donors (Lipinski definition) is 2. The van der Waals surface area contributed by atoms with Gasteiger partial charge < -0.3 is 10.4 Å². The van der Waals surface area contributed by atoms with Gasteiger partial charge in [-0.05, 0) is 30.6 Å². The maximum atomic E-state index is 11.7. The van der Waals surface area contributed by atoms with E-state index in [-0.39, 0.29) is 11.3 Å². The molecule has 2 N–H and O–H groups in total. The van der Waals surface area contributed by atoms with Gasteiger partial charge in [0.2, 0.25) is 5.91 Å². The summed E-state index contributed by atoms with van der Waals surface area (Å²) >= 11 is 0. The molecule has 0 saturated heterocycles. The zero-order valence-electron chi connectivity index (χ0n) is 11.0. The first-order valence-electron chi connectivity index (χ1n) is 6.39. The van der Waals surface area contributed by atoms with Crippen LogP contribution < -0.4 is 5.32 Å². The van der Waals surface area contributed by atoms with Crippen LogP contribution in [0.2, 0.25) is 0 Å². The number of carboxylic acids is 1. The predicted octanol–water partition coefficient (Wildman–Crippen LogP) is 2.04. The van der Waals surface area contributed by atoms with Gasteiger partial charge in [-0.25, -0.2) is 0 Å². The highest BCUT2D eigenvalue weighted by Crippen LogP contribution is 2.41. The zero-order valence-corrected chi connectivity index (χ0v) is 11.0. The van der Waals surface area contributed by atoms with Gasteiger partial charge in [0.05, 0.1) is 0 Å². The molecule has 0 aromatic rings. The van der Waals surface area contributed by atoms with Gasteiger partial charge in [-0.1, -0.05) is 27.2 Å². The van der Waals surface area contributed by atoms with Crippen molar-refractivity contribution in [3.05, 3.63) is 0 Å². The smallest absolute Gasteiger partial charge is 0.316 e. The van der Waals surface area contributed by atoms with E-state index in [4.69, 9.17) is 5.11 Å². The summed E-state index contributed by atoms with van der Waals surface area (Å²) in [5.74, 6) is -1.64. The van der Waals surface area contributed by atoms with Crippen molar-refractivity contribution in [1.82, 2.24) is 5.32 Å². The Morgan fingerprint density at radius 3 is 2.35 bits per heavy atom. The second-order valence-electron chi connectivity index (χ2n) is 5.63. The highest BCUT2D eigenvalue weighted by atomic mass is 16.4. The Morgan fingerprint density at radius 1 is 1.41 bits per heavy atom. The van der Waals surface area contributed by atoms with Gasteiger partial charge in [0.15, 0.2) is 0 Å². The molecule has 1 fully saturated rings. The summed E-state index contributed by atoms with van der Waals surface area (Å²) < 4.78 is 0. The number of aliphatic carboxylic acids is 1. The summed E-state index contributed by atoms with van der Waals surface area (Å²) in [6.07, 6.45) is 4.05. The summed E-state index contributed by atoms with van der Waals surface area (Å²) in [4.78, 5) is 22.5. The maximum Gasteiger partial charge on any atom is 0.316 e. The van der Waals surface area contributed by atoms with Crippen molar-refractivity contribution >= 4 is 11.9 Å². The minimum atomic E-state index is -1.04. The first-order chi connectivity index (χ1) is 7.88. The second-order valence-corrected chi connectivity index (χ2v) is 5.63. The Kier molecular flexibility index (Phi) is 4.54. The lowest BCUT2D eigenvalue weighted by atomic mass is 9.67. The molecular weight excluding hydrogens is 218 g/mol. The van der Waals surface area contributed by atoms with Crippen LogP contribution in [0.3, 0.4) is 0 Å². The van der Waals surface area contributed by atoms with Crippen molar-refractivity contribution in [2.24, 2.45) is 17.3 Å². The van der Waals surface area contributed by atoms with Crippen molar-refractivity contribution in [1.29, 1.82) is 0 Å². The molecule has 0 aromatic carbocycles. The van der Waals surface area contributed by atoms with Gasteiger partial charge in [-0.15, -0.1) is 0 Å². The van der Waals surface area contributed by atoms with Gasteiger partial charge in [0, 0.05) is 6.54 Å². The van der Waals surface area contributed by atoms with E-state index in [0.29, 0.717) is 18.9 Å². The van der Waals surface area contributed by atoms with Crippen LogP contribution in [0.25, 0.3) is 0 Å². The fraction of sp³-hybridized carbons (Fsp3) is 0.846. The van der Waals surface area contributed by atoms with Crippen molar-refractivity contribution in [3.8, 4) is 0 Å². The van der Waals surface area contributed by atoms with Crippen LogP contribution in [-0.4, -0.2) is 23.5 Å². The molecule has 1 rings (SSSR count). The van der Waals surface area contributed by atoms with E-state index in [0.717, 1.165) is 0 Å². The first kappa shape index (κ1) is 14.0. The number of carbonyl (C=O) groups is 2. The summed E-state index contributed by atoms with van der Waals surface area (Å²) in [6, 6.07) is 0. The van der Waals surface area contributed by atoms with Crippen LogP contribution in [0, 0.1) is 17.3 Å². The normalized spacial score (nSPS) is 18.3. The topological polar surface area (TPSA) is 66.4 Å². The minimum absolute atomic E-state index is 0.0741. The minimum Gasteiger partial charge on any atom is -0.481 e. The van der Waals surface area contributed by atoms with E-state index in [9.17, 15) is 9.59 Å². The van der Waals surface area contributed by atoms with Crippen molar-refractivity contribution in [3.63, 3.8) is 0 Å². The standard InChI is InChI=1S/C13H23NO3/c1-4-10(12(16)17)11(15)14-8-13(2,3)9-6-5-7-9/h9-10H,4-8H2,1-3H3,(H,14,15)(H,16,17). The third-order valence-corrected chi connectivity index (χ3v) is 3.95. The van der Waals surface area contributed by atoms with Crippen LogP contribution in [-0.2, 0) is 9.59 Å². The largest absolute Gasteiger partial charge is 0.481 e. The fourth-order valence-electron chi connectivity index (χ4n) is 2.24. The van der Waals surface area contributed by atoms with Gasteiger partial charge in [0.1, 0.15) is 5.92 Å². The highest BCUT2D eigenvalue weighted by Gasteiger charge is 2.35. The molecule has 1 amide bonds. The maximum absolute atomic E-state index is 11.7. The molecule has 1 aliphatic rings. The predicted molar refractivity (Wildman–Crippen MR) is 65.5 cm³/mol. The SMILES string of the molecule is CCC(C(=O)O)C(=O)NCC(C)(C)C1CCC1. The highest BCUT2D eigenvalue weighted by molar-refractivity contribution is 5.96. The molecule has 1 unspecified atom stereocenters. The fourth-order valence-corrected chi connectivity index (χ4v) is 2.24. The Bertz CT molecular complexity index is 295. The van der Waals surface area contributed by atoms with Crippen LogP contribution in [0.4, 0.5) is 0 Å². The van der Waals surface area contributed by atoms with Crippen molar-refractivity contribution < 1.29 is 14.7 Å². The molecule has 0 spiro atoms. The van der Waals surface area contributed by atoms with E-state index >= 15 is 0 Å². The average Bonchev–Trinajstić information content (AvgIpc) is 2.11. The van der Waals surface area contributed by atoms with Crippen LogP contribution in [0.1, 0.15) is 46.5 Å². The monoisotopic (exact) mass is 241 g/mol. The van der Waals surface area contributed by atoms with Gasteiger partial charge in [-0.3, -0.25) is 9.59 Å². The Morgan fingerprint density at radius 2 is 2.00 bits per heavy atom. The molecular formula is C13H23NO3. The number of carboxylic acid groups (broad SMARTS) is 1. The van der Waals surface area contributed by atoms with Crippen molar-refractivity contribution in [2.75, 3.05) is 6.54 Å². The molecule has 4 nitrogen and oxygen atoms in total. The van der Waals surface area contributed by atoms with E-state index < -0.39 is 11.9 Å². The summed E-state index contributed by atoms with van der Waals surface area (Å²) in [5.41, 5.74) is 0.0741. The van der Waals surface area contributed by atoms with Crippen LogP contribution >= 0.6 is 0 Å². The Hall–Kier alpha value is -1.06. The van der Waals surface area contributed by atoms with Crippen LogP contribution in [0.15, 0.2) is 0 Å². The Balaban J connectivity index is 2.43. The van der Waals surface area contributed by atoms with Crippen LogP contribution in [0.5, 0.6) is 0 Å². The van der Waals surface area contributed by atoms with Gasteiger partial charge >= 0.3 is 5.97 Å². The molecule has 0 radical (unpaired) electrons. The van der Waals surface area contributed by atoms with E-state index in [1.165, 1.54) is 19.3 Å². The third kappa shape index (κ3) is 3.45. The summed E-state index contributed by atoms with van der Waals surface area (Å²) in [7, 11) is 0. The molecule has 17 heavy (non-hydrogen) atoms. The third-order valence-electron chi connectivity index (χ3n) is 3.95. The quantitative estimate of drug-likeness (QED) is 0.699. The first-order valence-corrected chi connectivity index (χ1v) is 6.39. The van der Waals surface area contributed by atoms with E-state index in [1.807, 2.05) is 0 Å². The molecule has 1 aliphatic carbocycles. The number of hydrogen-bond acceptors (Lipinski definition) is 2. The van der Waals surface area contributed by atoms with Gasteiger partial charge in [-0.2, -0.15) is 0 Å². The molecule has 1 saturated carbocycles. The lowest BCUT2D eigenvalue weighted by molar-refractivity contribution is -0.147. The molecule has 0 aromatic heterocycles. The Labute approximate surface area is 103 Å². The van der Waals surface area contributed by atoms with Crippen molar-refractivity contribution in [2.45, 2.75) is 46.5 Å². The number of nitrogens with one attached hydrogen (secondary N) is 1. The summed E-state index contributed by atoms with van der Waals surface area (Å²) in [6.45, 7) is 6.56. The average molecular weight is 241 g/mol. The molecule has 98 valence electrons. The van der Waals surface area contributed by atoms with Gasteiger partial charge in [0.25, 0.3) is 0 Å².